The van der Waals surface area contributed by atoms with E-state index in [1.807, 2.05) is 32.2 Å². The molecule has 0 aliphatic carbocycles. The lowest BCUT2D eigenvalue weighted by atomic mass is 10.2. The summed E-state index contributed by atoms with van der Waals surface area (Å²) < 4.78 is 12.6. The summed E-state index contributed by atoms with van der Waals surface area (Å²) in [6.07, 6.45) is 1.77. The molecule has 3 heterocycles. The second-order valence-electron chi connectivity index (χ2n) is 5.21. The number of carbonyl (C=O) groups is 1. The SMILES string of the molecule is CCO[C@H]1COC[C@@H]1NC(=O)c1cc2cc(C)ccn2n1. The van der Waals surface area contributed by atoms with Gasteiger partial charge in [0.1, 0.15) is 6.10 Å². The highest BCUT2D eigenvalue weighted by Crippen LogP contribution is 2.12. The van der Waals surface area contributed by atoms with Crippen LogP contribution in [-0.4, -0.2) is 47.5 Å². The van der Waals surface area contributed by atoms with Gasteiger partial charge in [-0.3, -0.25) is 4.79 Å². The third kappa shape index (κ3) is 2.91. The Kier molecular flexibility index (Phi) is 3.90. The normalized spacial score (nSPS) is 21.8. The maximum Gasteiger partial charge on any atom is 0.272 e. The molecule has 0 radical (unpaired) electrons. The number of aryl methyl sites for hydroxylation is 1. The average Bonchev–Trinajstić information content (AvgIpc) is 3.06. The van der Waals surface area contributed by atoms with E-state index in [-0.39, 0.29) is 18.1 Å². The molecule has 0 spiro atoms. The third-order valence-electron chi connectivity index (χ3n) is 3.58. The Balaban J connectivity index is 1.74. The van der Waals surface area contributed by atoms with E-state index in [0.29, 0.717) is 25.5 Å². The van der Waals surface area contributed by atoms with Gasteiger partial charge < -0.3 is 14.8 Å². The van der Waals surface area contributed by atoms with E-state index >= 15 is 0 Å². The van der Waals surface area contributed by atoms with E-state index in [1.165, 1.54) is 0 Å². The maximum absolute atomic E-state index is 12.3. The van der Waals surface area contributed by atoms with Crippen LogP contribution in [0.2, 0.25) is 0 Å². The van der Waals surface area contributed by atoms with Crippen molar-refractivity contribution >= 4 is 11.4 Å². The standard InChI is InChI=1S/C15H19N3O3/c1-3-21-14-9-20-8-13(14)16-15(19)12-7-11-6-10(2)4-5-18(11)17-12/h4-7,13-14H,3,8-9H2,1-2H3,(H,16,19)/t13-,14-/m0/s1. The van der Waals surface area contributed by atoms with Gasteiger partial charge in [-0.25, -0.2) is 4.52 Å². The number of hydrogen-bond donors (Lipinski definition) is 1. The quantitative estimate of drug-likeness (QED) is 0.918. The maximum atomic E-state index is 12.3. The highest BCUT2D eigenvalue weighted by atomic mass is 16.5. The summed E-state index contributed by atoms with van der Waals surface area (Å²) in [7, 11) is 0. The van der Waals surface area contributed by atoms with Crippen molar-refractivity contribution in [3.05, 3.63) is 35.7 Å². The fourth-order valence-electron chi connectivity index (χ4n) is 2.51. The van der Waals surface area contributed by atoms with Crippen molar-refractivity contribution in [3.8, 4) is 0 Å². The Bertz CT molecular complexity index is 653. The molecule has 1 amide bonds. The molecule has 1 aliphatic rings. The number of hydrogen-bond acceptors (Lipinski definition) is 4. The Morgan fingerprint density at radius 2 is 2.38 bits per heavy atom. The van der Waals surface area contributed by atoms with Gasteiger partial charge in [-0.1, -0.05) is 0 Å². The van der Waals surface area contributed by atoms with Crippen LogP contribution in [0.15, 0.2) is 24.4 Å². The number of pyridine rings is 1. The van der Waals surface area contributed by atoms with Crippen LogP contribution in [-0.2, 0) is 9.47 Å². The molecular weight excluding hydrogens is 270 g/mol. The first-order chi connectivity index (χ1) is 10.2. The summed E-state index contributed by atoms with van der Waals surface area (Å²) in [5.41, 5.74) is 2.45. The minimum atomic E-state index is -0.198. The van der Waals surface area contributed by atoms with Crippen LogP contribution >= 0.6 is 0 Å². The van der Waals surface area contributed by atoms with Crippen molar-refractivity contribution in [1.82, 2.24) is 14.9 Å². The van der Waals surface area contributed by atoms with Crippen molar-refractivity contribution < 1.29 is 14.3 Å². The van der Waals surface area contributed by atoms with Crippen LogP contribution in [0, 0.1) is 6.92 Å². The van der Waals surface area contributed by atoms with Gasteiger partial charge in [0.25, 0.3) is 5.91 Å². The number of amides is 1. The number of nitrogens with zero attached hydrogens (tertiary/aromatic N) is 2. The first kappa shape index (κ1) is 14.0. The monoisotopic (exact) mass is 289 g/mol. The second kappa shape index (κ2) is 5.83. The van der Waals surface area contributed by atoms with Crippen LogP contribution in [0.25, 0.3) is 5.52 Å². The first-order valence-corrected chi connectivity index (χ1v) is 7.13. The van der Waals surface area contributed by atoms with Gasteiger partial charge in [0, 0.05) is 12.8 Å². The fraction of sp³-hybridized carbons (Fsp3) is 0.467. The molecule has 2 aromatic heterocycles. The predicted molar refractivity (Wildman–Crippen MR) is 77.4 cm³/mol. The van der Waals surface area contributed by atoms with Crippen LogP contribution in [0.5, 0.6) is 0 Å². The molecule has 0 aromatic carbocycles. The van der Waals surface area contributed by atoms with E-state index in [2.05, 4.69) is 10.4 Å². The number of rotatable bonds is 4. The fourth-order valence-corrected chi connectivity index (χ4v) is 2.51. The summed E-state index contributed by atoms with van der Waals surface area (Å²) in [4.78, 5) is 12.3. The Hall–Kier alpha value is -1.92. The molecule has 1 saturated heterocycles. The summed E-state index contributed by atoms with van der Waals surface area (Å²) in [6.45, 7) is 5.54. The van der Waals surface area contributed by atoms with Crippen molar-refractivity contribution in [2.45, 2.75) is 26.0 Å². The number of aromatic nitrogens is 2. The molecule has 0 unspecified atom stereocenters. The van der Waals surface area contributed by atoms with Crippen LogP contribution in [0.3, 0.4) is 0 Å². The van der Waals surface area contributed by atoms with Gasteiger partial charge in [0.15, 0.2) is 5.69 Å². The minimum Gasteiger partial charge on any atom is -0.376 e. The molecule has 112 valence electrons. The van der Waals surface area contributed by atoms with Gasteiger partial charge in [0.2, 0.25) is 0 Å². The highest BCUT2D eigenvalue weighted by Gasteiger charge is 2.30. The lowest BCUT2D eigenvalue weighted by Gasteiger charge is -2.18. The molecule has 21 heavy (non-hydrogen) atoms. The van der Waals surface area contributed by atoms with Crippen LogP contribution in [0.1, 0.15) is 23.0 Å². The number of ether oxygens (including phenoxy) is 2. The predicted octanol–water partition coefficient (Wildman–Crippen LogP) is 1.18. The smallest absolute Gasteiger partial charge is 0.272 e. The van der Waals surface area contributed by atoms with Crippen LogP contribution < -0.4 is 5.32 Å². The molecule has 1 N–H and O–H groups in total. The van der Waals surface area contributed by atoms with Gasteiger partial charge in [-0.2, -0.15) is 5.10 Å². The molecule has 2 aromatic rings. The van der Waals surface area contributed by atoms with Crippen LogP contribution in [0.4, 0.5) is 0 Å². The zero-order valence-electron chi connectivity index (χ0n) is 12.2. The van der Waals surface area contributed by atoms with Crippen molar-refractivity contribution in [3.63, 3.8) is 0 Å². The Morgan fingerprint density at radius 1 is 1.52 bits per heavy atom. The molecule has 1 fully saturated rings. The zero-order valence-corrected chi connectivity index (χ0v) is 12.2. The van der Waals surface area contributed by atoms with E-state index in [1.54, 1.807) is 10.6 Å². The summed E-state index contributed by atoms with van der Waals surface area (Å²) in [5.74, 6) is -0.198. The molecule has 3 rings (SSSR count). The highest BCUT2D eigenvalue weighted by molar-refractivity contribution is 5.93. The van der Waals surface area contributed by atoms with E-state index in [4.69, 9.17) is 9.47 Å². The molecule has 0 bridgehead atoms. The number of nitrogens with one attached hydrogen (secondary N) is 1. The van der Waals surface area contributed by atoms with Crippen molar-refractivity contribution in [2.75, 3.05) is 19.8 Å². The summed E-state index contributed by atoms with van der Waals surface area (Å²) in [5, 5.41) is 7.23. The number of fused-ring (bicyclic) bond motifs is 1. The molecule has 6 nitrogen and oxygen atoms in total. The van der Waals surface area contributed by atoms with Gasteiger partial charge in [-0.15, -0.1) is 0 Å². The van der Waals surface area contributed by atoms with Gasteiger partial charge >= 0.3 is 0 Å². The minimum absolute atomic E-state index is 0.0850. The summed E-state index contributed by atoms with van der Waals surface area (Å²) >= 11 is 0. The summed E-state index contributed by atoms with van der Waals surface area (Å²) in [6, 6.07) is 5.61. The van der Waals surface area contributed by atoms with Crippen molar-refractivity contribution in [2.24, 2.45) is 0 Å². The second-order valence-corrected chi connectivity index (χ2v) is 5.21. The lowest BCUT2D eigenvalue weighted by molar-refractivity contribution is 0.0402. The molecule has 0 saturated carbocycles. The number of carbonyl (C=O) groups excluding carboxylic acids is 1. The first-order valence-electron chi connectivity index (χ1n) is 7.13. The lowest BCUT2D eigenvalue weighted by Crippen LogP contribution is -2.43. The van der Waals surface area contributed by atoms with E-state index in [0.717, 1.165) is 11.1 Å². The molecule has 1 aliphatic heterocycles. The Morgan fingerprint density at radius 3 is 3.19 bits per heavy atom. The van der Waals surface area contributed by atoms with Gasteiger partial charge in [0.05, 0.1) is 24.8 Å². The zero-order chi connectivity index (χ0) is 14.8. The van der Waals surface area contributed by atoms with E-state index < -0.39 is 0 Å². The molecule has 6 heteroatoms. The average molecular weight is 289 g/mol. The molecular formula is C15H19N3O3. The largest absolute Gasteiger partial charge is 0.376 e. The van der Waals surface area contributed by atoms with Crippen molar-refractivity contribution in [1.29, 1.82) is 0 Å². The van der Waals surface area contributed by atoms with E-state index in [9.17, 15) is 4.79 Å². The molecule has 2 atom stereocenters. The van der Waals surface area contributed by atoms with Gasteiger partial charge in [-0.05, 0) is 37.6 Å². The topological polar surface area (TPSA) is 64.9 Å². The Labute approximate surface area is 123 Å². The third-order valence-corrected chi connectivity index (χ3v) is 3.58.